The number of phenolic OH excluding ortho intramolecular Hbond substituents is 1. The van der Waals surface area contributed by atoms with Gasteiger partial charge in [0.1, 0.15) is 11.9 Å². The van der Waals surface area contributed by atoms with Crippen molar-refractivity contribution in [1.82, 2.24) is 15.2 Å². The summed E-state index contributed by atoms with van der Waals surface area (Å²) in [5, 5.41) is 25.1. The molecular weight excluding hydrogens is 693 g/mol. The molecule has 0 spiro atoms. The van der Waals surface area contributed by atoms with Crippen LogP contribution in [0.25, 0.3) is 10.9 Å². The standard InChI is InChI=1S/C45H54N4O6/c50-38-15-12-35(36-13-16-41(52)47-43(36)38)39(51)28-46-27-31-10-14-37-33(25-31)11-17-42(53)49(37)22-5-2-7-30-8-6-9-34(26-30)45(20-3-1-4-21-45)44(54)55-40-29-48-23-18-32(40)19-24-48/h6,8-10,12-16,25-26,32,39-40,46,50-51H,1-5,7,11,17-24,27-29H2,(H,47,52)/t39-,40?/m0/s1. The van der Waals surface area contributed by atoms with E-state index in [4.69, 9.17) is 4.74 Å². The molecule has 2 bridgehead atoms. The predicted octanol–water partition coefficient (Wildman–Crippen LogP) is 6.20. The molecule has 4 fully saturated rings. The lowest BCUT2D eigenvalue weighted by atomic mass is 9.69. The predicted molar refractivity (Wildman–Crippen MR) is 213 cm³/mol. The Hall–Kier alpha value is -4.51. The fourth-order valence-corrected chi connectivity index (χ4v) is 9.67. The van der Waals surface area contributed by atoms with Crippen LogP contribution in [0.2, 0.25) is 0 Å². The normalized spacial score (nSPS) is 22.4. The number of carbonyl (C=O) groups is 2. The Balaban J connectivity index is 0.857. The molecule has 4 N–H and O–H groups in total. The maximum atomic E-state index is 14.0. The summed E-state index contributed by atoms with van der Waals surface area (Å²) < 4.78 is 6.39. The van der Waals surface area contributed by atoms with E-state index in [2.05, 4.69) is 45.5 Å². The first-order chi connectivity index (χ1) is 26.8. The molecule has 9 rings (SSSR count). The first-order valence-electron chi connectivity index (χ1n) is 20.5. The molecule has 1 unspecified atom stereocenters. The van der Waals surface area contributed by atoms with Gasteiger partial charge in [-0.25, -0.2) is 0 Å². The highest BCUT2D eigenvalue weighted by molar-refractivity contribution is 5.96. The number of rotatable bonds is 13. The number of aliphatic hydroxyl groups excluding tert-OH is 1. The number of unbranched alkanes of at least 4 members (excludes halogenated alkanes) is 1. The van der Waals surface area contributed by atoms with Crippen LogP contribution >= 0.6 is 0 Å². The number of hydrogen-bond acceptors (Lipinski definition) is 8. The van der Waals surface area contributed by atoms with Crippen LogP contribution in [0.1, 0.15) is 98.1 Å². The van der Waals surface area contributed by atoms with E-state index in [0.717, 1.165) is 99.8 Å². The molecule has 4 aromatic rings. The molecule has 55 heavy (non-hydrogen) atoms. The van der Waals surface area contributed by atoms with Gasteiger partial charge >= 0.3 is 5.97 Å². The SMILES string of the molecule is O=C1CCc2cc(CNC[C@H](O)c3ccc(O)c4[nH]c(=O)ccc34)ccc2N1CCCCc1cccc(C2(C(=O)OC3CN4CCC3CC4)CCCCC2)c1. The number of hydrogen-bond donors (Lipinski definition) is 4. The monoisotopic (exact) mass is 746 g/mol. The number of benzene rings is 3. The van der Waals surface area contributed by atoms with Gasteiger partial charge in [-0.3, -0.25) is 19.3 Å². The number of H-pyrrole nitrogens is 1. The maximum Gasteiger partial charge on any atom is 0.316 e. The summed E-state index contributed by atoms with van der Waals surface area (Å²) in [6.07, 6.45) is 10.3. The van der Waals surface area contributed by atoms with Crippen LogP contribution in [0.15, 0.2) is 71.5 Å². The number of anilines is 1. The highest BCUT2D eigenvalue weighted by Crippen LogP contribution is 2.42. The van der Waals surface area contributed by atoms with Gasteiger partial charge in [0.05, 0.1) is 17.0 Å². The third-order valence-corrected chi connectivity index (χ3v) is 12.8. The highest BCUT2D eigenvalue weighted by Gasteiger charge is 2.46. The number of esters is 1. The van der Waals surface area contributed by atoms with Crippen molar-refractivity contribution in [2.75, 3.05) is 37.6 Å². The number of aromatic hydroxyl groups is 1. The second-order valence-corrected chi connectivity index (χ2v) is 16.3. The molecule has 10 nitrogen and oxygen atoms in total. The van der Waals surface area contributed by atoms with E-state index in [1.807, 2.05) is 17.0 Å². The molecule has 5 heterocycles. The van der Waals surface area contributed by atoms with Crippen LogP contribution in [-0.2, 0) is 39.1 Å². The van der Waals surface area contributed by atoms with Gasteiger partial charge in [-0.15, -0.1) is 0 Å². The number of carbonyl (C=O) groups excluding carboxylic acids is 2. The molecule has 4 aliphatic heterocycles. The molecule has 290 valence electrons. The van der Waals surface area contributed by atoms with Crippen LogP contribution in [0, 0.1) is 5.92 Å². The van der Waals surface area contributed by atoms with Crippen LogP contribution in [0.4, 0.5) is 5.69 Å². The molecule has 5 aliphatic rings. The van der Waals surface area contributed by atoms with Crippen molar-refractivity contribution < 1.29 is 24.5 Å². The van der Waals surface area contributed by atoms with Crippen molar-refractivity contribution in [3.8, 4) is 5.75 Å². The Kier molecular flexibility index (Phi) is 11.1. The number of nitrogens with one attached hydrogen (secondary N) is 2. The zero-order chi connectivity index (χ0) is 37.9. The van der Waals surface area contributed by atoms with E-state index in [1.54, 1.807) is 12.1 Å². The van der Waals surface area contributed by atoms with Gasteiger partial charge in [0.25, 0.3) is 0 Å². The first kappa shape index (κ1) is 37.4. The second-order valence-electron chi connectivity index (χ2n) is 16.3. The summed E-state index contributed by atoms with van der Waals surface area (Å²) in [5.74, 6) is 0.612. The third-order valence-electron chi connectivity index (χ3n) is 12.8. The van der Waals surface area contributed by atoms with Crippen molar-refractivity contribution in [1.29, 1.82) is 0 Å². The van der Waals surface area contributed by atoms with E-state index in [1.165, 1.54) is 24.1 Å². The lowest BCUT2D eigenvalue weighted by Gasteiger charge is -2.45. The Labute approximate surface area is 322 Å². The first-order valence-corrected chi connectivity index (χ1v) is 20.5. The molecule has 2 atom stereocenters. The minimum Gasteiger partial charge on any atom is -0.506 e. The minimum absolute atomic E-state index is 0.00992. The zero-order valence-electron chi connectivity index (χ0n) is 31.7. The molecular formula is C45H54N4O6. The number of aromatic amines is 1. The summed E-state index contributed by atoms with van der Waals surface area (Å²) in [5.41, 5.74) is 5.62. The summed E-state index contributed by atoms with van der Waals surface area (Å²) in [6, 6.07) is 21.1. The number of fused-ring (bicyclic) bond motifs is 5. The van der Waals surface area contributed by atoms with Gasteiger partial charge < -0.3 is 30.2 Å². The summed E-state index contributed by atoms with van der Waals surface area (Å²) in [7, 11) is 0. The lowest BCUT2D eigenvalue weighted by Crippen LogP contribution is -2.53. The van der Waals surface area contributed by atoms with Crippen molar-refractivity contribution in [3.63, 3.8) is 0 Å². The van der Waals surface area contributed by atoms with Gasteiger partial charge in [-0.1, -0.05) is 61.7 Å². The molecule has 1 aliphatic carbocycles. The number of pyridine rings is 1. The van der Waals surface area contributed by atoms with Gasteiger partial charge in [-0.05, 0) is 116 Å². The van der Waals surface area contributed by atoms with Gasteiger partial charge in [0.2, 0.25) is 11.5 Å². The number of aliphatic hydroxyl groups is 1. The van der Waals surface area contributed by atoms with E-state index >= 15 is 0 Å². The topological polar surface area (TPSA) is 135 Å². The average molecular weight is 747 g/mol. The molecule has 1 amide bonds. The van der Waals surface area contributed by atoms with Gasteiger partial charge in [-0.2, -0.15) is 0 Å². The third kappa shape index (κ3) is 7.95. The van der Waals surface area contributed by atoms with Crippen molar-refractivity contribution >= 4 is 28.5 Å². The number of phenols is 1. The molecule has 0 radical (unpaired) electrons. The average Bonchev–Trinajstić information content (AvgIpc) is 3.21. The summed E-state index contributed by atoms with van der Waals surface area (Å²) >= 11 is 0. The molecule has 1 saturated carbocycles. The molecule has 3 saturated heterocycles. The number of amides is 1. The van der Waals surface area contributed by atoms with Gasteiger partial charge in [0, 0.05) is 49.7 Å². The smallest absolute Gasteiger partial charge is 0.316 e. The second kappa shape index (κ2) is 16.3. The van der Waals surface area contributed by atoms with Crippen LogP contribution in [-0.4, -0.2) is 70.8 Å². The number of ether oxygens (including phenoxy) is 1. The van der Waals surface area contributed by atoms with Crippen LogP contribution in [0.3, 0.4) is 0 Å². The van der Waals surface area contributed by atoms with Crippen LogP contribution < -0.4 is 15.8 Å². The van der Waals surface area contributed by atoms with Crippen molar-refractivity contribution in [2.45, 2.75) is 101 Å². The maximum absolute atomic E-state index is 14.0. The highest BCUT2D eigenvalue weighted by atomic mass is 16.5. The zero-order valence-corrected chi connectivity index (χ0v) is 31.7. The van der Waals surface area contributed by atoms with Crippen LogP contribution in [0.5, 0.6) is 5.75 Å². The molecule has 3 aromatic carbocycles. The van der Waals surface area contributed by atoms with E-state index in [0.29, 0.717) is 48.3 Å². The number of nitrogens with zero attached hydrogens (tertiary/aromatic N) is 2. The van der Waals surface area contributed by atoms with Gasteiger partial charge in [0.15, 0.2) is 0 Å². The quantitative estimate of drug-likeness (QED) is 0.0940. The molecule has 10 heteroatoms. The number of aromatic nitrogens is 1. The van der Waals surface area contributed by atoms with E-state index < -0.39 is 11.5 Å². The Morgan fingerprint density at radius 3 is 2.58 bits per heavy atom. The van der Waals surface area contributed by atoms with E-state index in [-0.39, 0.29) is 35.8 Å². The van der Waals surface area contributed by atoms with Crippen molar-refractivity contribution in [3.05, 3.63) is 105 Å². The Morgan fingerprint density at radius 1 is 0.945 bits per heavy atom. The summed E-state index contributed by atoms with van der Waals surface area (Å²) in [6.45, 7) is 4.64. The Bertz CT molecular complexity index is 2080. The number of aryl methyl sites for hydroxylation is 2. The fraction of sp³-hybridized carbons (Fsp3) is 0.489. The number of piperidine rings is 3. The van der Waals surface area contributed by atoms with E-state index in [9.17, 15) is 24.6 Å². The Morgan fingerprint density at radius 2 is 1.78 bits per heavy atom. The summed E-state index contributed by atoms with van der Waals surface area (Å²) in [4.78, 5) is 46.0. The lowest BCUT2D eigenvalue weighted by molar-refractivity contribution is -0.167. The molecule has 1 aromatic heterocycles. The minimum atomic E-state index is -0.841. The van der Waals surface area contributed by atoms with Crippen molar-refractivity contribution in [2.24, 2.45) is 5.92 Å². The fourth-order valence-electron chi connectivity index (χ4n) is 9.67. The largest absolute Gasteiger partial charge is 0.506 e.